The Morgan fingerprint density at radius 3 is 2.59 bits per heavy atom. The Bertz CT molecular complexity index is 1140. The number of fused-ring (bicyclic) bond motifs is 1. The summed E-state index contributed by atoms with van der Waals surface area (Å²) in [6.07, 6.45) is 3.18. The minimum absolute atomic E-state index is 0.0675. The summed E-state index contributed by atoms with van der Waals surface area (Å²) in [4.78, 5) is 12.7. The van der Waals surface area contributed by atoms with E-state index in [1.807, 2.05) is 12.1 Å². The topological polar surface area (TPSA) is 133 Å². The number of hydrogen-bond donors (Lipinski definition) is 2. The minimum Gasteiger partial charge on any atom is -0.382 e. The van der Waals surface area contributed by atoms with Gasteiger partial charge in [-0.2, -0.15) is 14.3 Å². The Labute approximate surface area is 169 Å². The minimum atomic E-state index is -3.59. The summed E-state index contributed by atoms with van der Waals surface area (Å²) in [5.74, 6) is 0.632. The van der Waals surface area contributed by atoms with Gasteiger partial charge in [-0.1, -0.05) is 26.0 Å². The third-order valence-corrected chi connectivity index (χ3v) is 7.36. The van der Waals surface area contributed by atoms with Gasteiger partial charge in [-0.25, -0.2) is 13.4 Å². The molecule has 3 heterocycles. The van der Waals surface area contributed by atoms with Gasteiger partial charge in [0, 0.05) is 19.1 Å². The lowest BCUT2D eigenvalue weighted by Gasteiger charge is -2.24. The monoisotopic (exact) mass is 415 g/mol. The Kier molecular flexibility index (Phi) is 4.91. The Balaban J connectivity index is 1.62. The smallest absolute Gasteiger partial charge is 0.243 e. The molecule has 1 atom stereocenters. The number of benzene rings is 1. The van der Waals surface area contributed by atoms with E-state index in [0.29, 0.717) is 35.1 Å². The van der Waals surface area contributed by atoms with Crippen molar-refractivity contribution in [1.82, 2.24) is 23.8 Å². The highest BCUT2D eigenvalue weighted by molar-refractivity contribution is 7.89. The van der Waals surface area contributed by atoms with Crippen LogP contribution >= 0.6 is 0 Å². The summed E-state index contributed by atoms with van der Waals surface area (Å²) >= 11 is 0. The van der Waals surface area contributed by atoms with Crippen molar-refractivity contribution < 1.29 is 8.42 Å². The van der Waals surface area contributed by atoms with Gasteiger partial charge in [0.05, 0.1) is 11.2 Å². The molecule has 1 fully saturated rings. The molecule has 1 aliphatic heterocycles. The van der Waals surface area contributed by atoms with Gasteiger partial charge in [0.2, 0.25) is 16.0 Å². The quantitative estimate of drug-likeness (QED) is 0.651. The number of imidazole rings is 1. The second-order valence-corrected chi connectivity index (χ2v) is 9.56. The zero-order chi connectivity index (χ0) is 20.8. The van der Waals surface area contributed by atoms with Crippen LogP contribution in [0.1, 0.15) is 38.2 Å². The first kappa shape index (κ1) is 19.6. The van der Waals surface area contributed by atoms with E-state index >= 15 is 0 Å². The lowest BCUT2D eigenvalue weighted by Crippen LogP contribution is -2.38. The van der Waals surface area contributed by atoms with Crippen LogP contribution in [-0.4, -0.2) is 44.8 Å². The molecular weight excluding hydrogens is 390 g/mol. The Morgan fingerprint density at radius 1 is 1.17 bits per heavy atom. The second kappa shape index (κ2) is 7.27. The molecule has 2 aromatic heterocycles. The van der Waals surface area contributed by atoms with E-state index in [1.54, 1.807) is 27.3 Å². The van der Waals surface area contributed by atoms with Crippen LogP contribution in [0.3, 0.4) is 0 Å². The number of aromatic nitrogens is 4. The fraction of sp³-hybridized carbons (Fsp3) is 0.421. The summed E-state index contributed by atoms with van der Waals surface area (Å²) in [5, 5.41) is 0. The fourth-order valence-corrected chi connectivity index (χ4v) is 5.50. The van der Waals surface area contributed by atoms with Crippen molar-refractivity contribution in [2.45, 2.75) is 50.1 Å². The SMILES string of the molecule is CC(C)c1ccc(S(=O)(=O)N2CCCC2Cn2cnc3c(N)nc(N)nc32)cc1. The molecule has 0 bridgehead atoms. The first-order valence-corrected chi connectivity index (χ1v) is 11.1. The van der Waals surface area contributed by atoms with Gasteiger partial charge in [0.25, 0.3) is 0 Å². The largest absolute Gasteiger partial charge is 0.382 e. The van der Waals surface area contributed by atoms with Gasteiger partial charge >= 0.3 is 0 Å². The van der Waals surface area contributed by atoms with Gasteiger partial charge < -0.3 is 16.0 Å². The maximum Gasteiger partial charge on any atom is 0.243 e. The van der Waals surface area contributed by atoms with Crippen molar-refractivity contribution in [2.75, 3.05) is 18.0 Å². The number of nitrogens with zero attached hydrogens (tertiary/aromatic N) is 5. The van der Waals surface area contributed by atoms with Crippen molar-refractivity contribution >= 4 is 33.0 Å². The molecule has 0 amide bonds. The molecule has 1 unspecified atom stereocenters. The van der Waals surface area contributed by atoms with E-state index in [2.05, 4.69) is 28.8 Å². The first-order chi connectivity index (χ1) is 13.8. The zero-order valence-electron chi connectivity index (χ0n) is 16.5. The molecule has 10 heteroatoms. The number of sulfonamides is 1. The summed E-state index contributed by atoms with van der Waals surface area (Å²) in [6, 6.07) is 6.96. The van der Waals surface area contributed by atoms with Crippen molar-refractivity contribution in [1.29, 1.82) is 0 Å². The molecule has 1 aromatic carbocycles. The van der Waals surface area contributed by atoms with Crippen LogP contribution in [0.15, 0.2) is 35.5 Å². The molecule has 0 aliphatic carbocycles. The van der Waals surface area contributed by atoms with Crippen LogP contribution in [0.2, 0.25) is 0 Å². The van der Waals surface area contributed by atoms with E-state index < -0.39 is 10.0 Å². The highest BCUT2D eigenvalue weighted by atomic mass is 32.2. The zero-order valence-corrected chi connectivity index (χ0v) is 17.3. The molecule has 4 N–H and O–H groups in total. The molecule has 9 nitrogen and oxygen atoms in total. The van der Waals surface area contributed by atoms with Crippen molar-refractivity contribution in [3.05, 3.63) is 36.2 Å². The average molecular weight is 416 g/mol. The number of nitrogens with two attached hydrogens (primary N) is 2. The van der Waals surface area contributed by atoms with Crippen molar-refractivity contribution in [3.8, 4) is 0 Å². The fourth-order valence-electron chi connectivity index (χ4n) is 3.81. The number of nitrogen functional groups attached to an aromatic ring is 2. The van der Waals surface area contributed by atoms with Crippen LogP contribution in [0.25, 0.3) is 11.2 Å². The van der Waals surface area contributed by atoms with Gasteiger partial charge in [0.1, 0.15) is 5.52 Å². The number of anilines is 2. The van der Waals surface area contributed by atoms with E-state index in [4.69, 9.17) is 11.5 Å². The van der Waals surface area contributed by atoms with Gasteiger partial charge in [-0.05, 0) is 36.5 Å². The molecule has 3 aromatic rings. The Morgan fingerprint density at radius 2 is 1.90 bits per heavy atom. The molecule has 0 radical (unpaired) electrons. The highest BCUT2D eigenvalue weighted by Gasteiger charge is 2.35. The molecule has 154 valence electrons. The third-order valence-electron chi connectivity index (χ3n) is 5.39. The van der Waals surface area contributed by atoms with Crippen molar-refractivity contribution in [2.24, 2.45) is 0 Å². The molecule has 0 spiro atoms. The van der Waals surface area contributed by atoms with Crippen LogP contribution in [-0.2, 0) is 16.6 Å². The van der Waals surface area contributed by atoms with Gasteiger partial charge in [-0.3, -0.25) is 0 Å². The predicted molar refractivity (Wildman–Crippen MR) is 112 cm³/mol. The summed E-state index contributed by atoms with van der Waals surface area (Å²) in [5.41, 5.74) is 13.7. The van der Waals surface area contributed by atoms with Gasteiger partial charge in [0.15, 0.2) is 11.5 Å². The van der Waals surface area contributed by atoms with Crippen LogP contribution in [0.4, 0.5) is 11.8 Å². The first-order valence-electron chi connectivity index (χ1n) is 9.63. The summed E-state index contributed by atoms with van der Waals surface area (Å²) in [7, 11) is -3.59. The Hall–Kier alpha value is -2.72. The molecule has 29 heavy (non-hydrogen) atoms. The molecule has 1 saturated heterocycles. The molecular formula is C19H25N7O2S. The van der Waals surface area contributed by atoms with Crippen LogP contribution in [0.5, 0.6) is 0 Å². The average Bonchev–Trinajstić information content (AvgIpc) is 3.30. The third kappa shape index (κ3) is 3.53. The lowest BCUT2D eigenvalue weighted by molar-refractivity contribution is 0.354. The lowest BCUT2D eigenvalue weighted by atomic mass is 10.0. The second-order valence-electron chi connectivity index (χ2n) is 7.67. The van der Waals surface area contributed by atoms with E-state index in [0.717, 1.165) is 18.4 Å². The van der Waals surface area contributed by atoms with E-state index in [-0.39, 0.29) is 17.8 Å². The molecule has 1 aliphatic rings. The molecule has 0 saturated carbocycles. The number of hydrogen-bond acceptors (Lipinski definition) is 7. The van der Waals surface area contributed by atoms with E-state index in [9.17, 15) is 8.42 Å². The molecule has 4 rings (SSSR count). The standard InChI is InChI=1S/C19H25N7O2S/c1-12(2)13-5-7-15(8-6-13)29(27,28)26-9-3-4-14(26)10-25-11-22-16-17(20)23-19(21)24-18(16)25/h5-8,11-12,14H,3-4,9-10H2,1-2H3,(H4,20,21,23,24). The van der Waals surface area contributed by atoms with Gasteiger partial charge in [-0.15, -0.1) is 0 Å². The maximum atomic E-state index is 13.3. The highest BCUT2D eigenvalue weighted by Crippen LogP contribution is 2.29. The predicted octanol–water partition coefficient (Wildman–Crippen LogP) is 1.97. The van der Waals surface area contributed by atoms with Crippen LogP contribution in [0, 0.1) is 0 Å². The maximum absolute atomic E-state index is 13.3. The van der Waals surface area contributed by atoms with Crippen molar-refractivity contribution in [3.63, 3.8) is 0 Å². The summed E-state index contributed by atoms with van der Waals surface area (Å²) in [6.45, 7) is 5.08. The summed E-state index contributed by atoms with van der Waals surface area (Å²) < 4.78 is 29.9. The van der Waals surface area contributed by atoms with E-state index in [1.165, 1.54) is 0 Å². The normalized spacial score (nSPS) is 18.1. The van der Waals surface area contributed by atoms with Crippen LogP contribution < -0.4 is 11.5 Å². The number of rotatable bonds is 5.